The standard InChI is InChI=1S/C16H12N2O3/c17-11-8-13(16(19)20)15(18-9-11)21-14-7-3-5-10-4-1-2-6-12(10)14/h1-9H,17H2,(H,19,20). The predicted octanol–water partition coefficient (Wildman–Crippen LogP) is 3.31. The number of pyridine rings is 1. The maximum Gasteiger partial charge on any atom is 0.341 e. The number of aromatic carboxylic acids is 1. The molecular formula is C16H12N2O3. The van der Waals surface area contributed by atoms with Crippen LogP contribution in [-0.2, 0) is 0 Å². The van der Waals surface area contributed by atoms with Gasteiger partial charge < -0.3 is 15.6 Å². The monoisotopic (exact) mass is 280 g/mol. The minimum absolute atomic E-state index is 0.0213. The molecule has 0 radical (unpaired) electrons. The average molecular weight is 280 g/mol. The molecule has 0 aliphatic heterocycles. The van der Waals surface area contributed by atoms with E-state index < -0.39 is 5.97 Å². The topological polar surface area (TPSA) is 85.4 Å². The quantitative estimate of drug-likeness (QED) is 0.768. The number of nitrogen functional groups attached to an aromatic ring is 1. The van der Waals surface area contributed by atoms with E-state index in [0.717, 1.165) is 10.8 Å². The molecule has 0 amide bonds. The van der Waals surface area contributed by atoms with Crippen molar-refractivity contribution in [1.82, 2.24) is 4.98 Å². The third-order valence-electron chi connectivity index (χ3n) is 3.06. The van der Waals surface area contributed by atoms with Crippen molar-refractivity contribution in [1.29, 1.82) is 0 Å². The number of hydrogen-bond acceptors (Lipinski definition) is 4. The molecule has 3 aromatic rings. The van der Waals surface area contributed by atoms with E-state index in [1.807, 2.05) is 36.4 Å². The van der Waals surface area contributed by atoms with Crippen molar-refractivity contribution in [3.8, 4) is 11.6 Å². The van der Waals surface area contributed by atoms with Gasteiger partial charge in [-0.25, -0.2) is 9.78 Å². The molecule has 0 spiro atoms. The number of hydrogen-bond donors (Lipinski definition) is 2. The van der Waals surface area contributed by atoms with E-state index in [4.69, 9.17) is 10.5 Å². The molecule has 0 atom stereocenters. The van der Waals surface area contributed by atoms with Gasteiger partial charge >= 0.3 is 5.97 Å². The summed E-state index contributed by atoms with van der Waals surface area (Å²) in [7, 11) is 0. The van der Waals surface area contributed by atoms with Crippen LogP contribution in [-0.4, -0.2) is 16.1 Å². The van der Waals surface area contributed by atoms with Crippen molar-refractivity contribution in [2.75, 3.05) is 5.73 Å². The Bertz CT molecular complexity index is 825. The van der Waals surface area contributed by atoms with Gasteiger partial charge in [-0.2, -0.15) is 0 Å². The first-order valence-corrected chi connectivity index (χ1v) is 6.29. The lowest BCUT2D eigenvalue weighted by Crippen LogP contribution is -2.03. The van der Waals surface area contributed by atoms with Crippen molar-refractivity contribution in [2.24, 2.45) is 0 Å². The van der Waals surface area contributed by atoms with E-state index in [0.29, 0.717) is 5.75 Å². The molecule has 0 aliphatic carbocycles. The summed E-state index contributed by atoms with van der Waals surface area (Å²) in [6, 6.07) is 14.6. The molecule has 5 nitrogen and oxygen atoms in total. The molecule has 3 N–H and O–H groups in total. The molecule has 2 aromatic carbocycles. The van der Waals surface area contributed by atoms with Crippen LogP contribution in [0.15, 0.2) is 54.7 Å². The average Bonchev–Trinajstić information content (AvgIpc) is 2.49. The number of rotatable bonds is 3. The molecule has 21 heavy (non-hydrogen) atoms. The lowest BCUT2D eigenvalue weighted by molar-refractivity contribution is 0.0693. The van der Waals surface area contributed by atoms with Gasteiger partial charge in [-0.05, 0) is 17.5 Å². The smallest absolute Gasteiger partial charge is 0.341 e. The Kier molecular flexibility index (Phi) is 3.16. The zero-order valence-corrected chi connectivity index (χ0v) is 11.0. The highest BCUT2D eigenvalue weighted by atomic mass is 16.5. The fraction of sp³-hybridized carbons (Fsp3) is 0. The lowest BCUT2D eigenvalue weighted by Gasteiger charge is -2.10. The maximum absolute atomic E-state index is 11.3. The van der Waals surface area contributed by atoms with Gasteiger partial charge in [0.05, 0.1) is 11.9 Å². The zero-order valence-electron chi connectivity index (χ0n) is 11.0. The van der Waals surface area contributed by atoms with Crippen molar-refractivity contribution in [3.05, 3.63) is 60.3 Å². The predicted molar refractivity (Wildman–Crippen MR) is 79.6 cm³/mol. The first-order chi connectivity index (χ1) is 10.1. The van der Waals surface area contributed by atoms with E-state index in [9.17, 15) is 9.90 Å². The summed E-state index contributed by atoms with van der Waals surface area (Å²) in [5.41, 5.74) is 5.78. The van der Waals surface area contributed by atoms with E-state index >= 15 is 0 Å². The van der Waals surface area contributed by atoms with Crippen LogP contribution >= 0.6 is 0 Å². The summed E-state index contributed by atoms with van der Waals surface area (Å²) in [5, 5.41) is 11.1. The van der Waals surface area contributed by atoms with Crippen LogP contribution in [0.3, 0.4) is 0 Å². The molecule has 0 saturated carbocycles. The molecular weight excluding hydrogens is 268 g/mol. The lowest BCUT2D eigenvalue weighted by atomic mass is 10.1. The molecule has 1 heterocycles. The summed E-state index contributed by atoms with van der Waals surface area (Å²) >= 11 is 0. The molecule has 3 rings (SSSR count). The first kappa shape index (κ1) is 12.9. The number of ether oxygens (including phenoxy) is 1. The van der Waals surface area contributed by atoms with Crippen molar-refractivity contribution >= 4 is 22.4 Å². The van der Waals surface area contributed by atoms with Gasteiger partial charge in [-0.15, -0.1) is 0 Å². The number of nitrogens with zero attached hydrogens (tertiary/aromatic N) is 1. The van der Waals surface area contributed by atoms with E-state index in [2.05, 4.69) is 4.98 Å². The number of carbonyl (C=O) groups is 1. The number of carboxylic acids is 1. The molecule has 0 bridgehead atoms. The van der Waals surface area contributed by atoms with Gasteiger partial charge in [-0.3, -0.25) is 0 Å². The van der Waals surface area contributed by atoms with Crippen molar-refractivity contribution < 1.29 is 14.6 Å². The number of carboxylic acid groups (broad SMARTS) is 1. The molecule has 0 fully saturated rings. The number of benzene rings is 2. The largest absolute Gasteiger partial charge is 0.477 e. The number of nitrogens with two attached hydrogens (primary N) is 1. The second kappa shape index (κ2) is 5.13. The van der Waals surface area contributed by atoms with Gasteiger partial charge in [-0.1, -0.05) is 36.4 Å². The fourth-order valence-electron chi connectivity index (χ4n) is 2.09. The third kappa shape index (κ3) is 2.49. The Hall–Kier alpha value is -3.08. The second-order valence-electron chi connectivity index (χ2n) is 4.51. The Morgan fingerprint density at radius 1 is 1.14 bits per heavy atom. The van der Waals surface area contributed by atoms with Gasteiger partial charge in [0.2, 0.25) is 5.88 Å². The SMILES string of the molecule is Nc1cnc(Oc2cccc3ccccc23)c(C(=O)O)c1. The van der Waals surface area contributed by atoms with Gasteiger partial charge in [0.25, 0.3) is 0 Å². The molecule has 5 heteroatoms. The molecule has 1 aromatic heterocycles. The maximum atomic E-state index is 11.3. The van der Waals surface area contributed by atoms with Crippen LogP contribution < -0.4 is 10.5 Å². The van der Waals surface area contributed by atoms with Crippen LogP contribution in [0.25, 0.3) is 10.8 Å². The van der Waals surface area contributed by atoms with Crippen molar-refractivity contribution in [3.63, 3.8) is 0 Å². The Balaban J connectivity index is 2.09. The number of anilines is 1. The highest BCUT2D eigenvalue weighted by Gasteiger charge is 2.15. The van der Waals surface area contributed by atoms with E-state index in [1.165, 1.54) is 12.3 Å². The summed E-state index contributed by atoms with van der Waals surface area (Å²) in [5.74, 6) is -0.564. The third-order valence-corrected chi connectivity index (χ3v) is 3.06. The Morgan fingerprint density at radius 2 is 1.90 bits per heavy atom. The summed E-state index contributed by atoms with van der Waals surface area (Å²) in [6.45, 7) is 0. The normalized spacial score (nSPS) is 10.5. The van der Waals surface area contributed by atoms with Crippen molar-refractivity contribution in [2.45, 2.75) is 0 Å². The number of aromatic nitrogens is 1. The van der Waals surface area contributed by atoms with Crippen LogP contribution in [0, 0.1) is 0 Å². The van der Waals surface area contributed by atoms with Gasteiger partial charge in [0.15, 0.2) is 0 Å². The summed E-state index contributed by atoms with van der Waals surface area (Å²) in [4.78, 5) is 15.2. The molecule has 0 saturated heterocycles. The van der Waals surface area contributed by atoms with E-state index in [-0.39, 0.29) is 17.1 Å². The van der Waals surface area contributed by atoms with Crippen LogP contribution in [0.4, 0.5) is 5.69 Å². The minimum Gasteiger partial charge on any atom is -0.477 e. The fourth-order valence-corrected chi connectivity index (χ4v) is 2.09. The molecule has 0 aliphatic rings. The minimum atomic E-state index is -1.13. The van der Waals surface area contributed by atoms with Crippen LogP contribution in [0.1, 0.15) is 10.4 Å². The number of fused-ring (bicyclic) bond motifs is 1. The highest BCUT2D eigenvalue weighted by Crippen LogP contribution is 2.30. The molecule has 104 valence electrons. The summed E-state index contributed by atoms with van der Waals surface area (Å²) < 4.78 is 5.69. The second-order valence-corrected chi connectivity index (χ2v) is 4.51. The Labute approximate surface area is 120 Å². The summed E-state index contributed by atoms with van der Waals surface area (Å²) in [6.07, 6.45) is 1.37. The molecule has 0 unspecified atom stereocenters. The van der Waals surface area contributed by atoms with Gasteiger partial charge in [0, 0.05) is 5.39 Å². The Morgan fingerprint density at radius 3 is 2.71 bits per heavy atom. The highest BCUT2D eigenvalue weighted by molar-refractivity contribution is 5.92. The van der Waals surface area contributed by atoms with Crippen LogP contribution in [0.5, 0.6) is 11.6 Å². The van der Waals surface area contributed by atoms with Crippen LogP contribution in [0.2, 0.25) is 0 Å². The van der Waals surface area contributed by atoms with E-state index in [1.54, 1.807) is 6.07 Å². The zero-order chi connectivity index (χ0) is 14.8. The first-order valence-electron chi connectivity index (χ1n) is 6.29. The van der Waals surface area contributed by atoms with Gasteiger partial charge in [0.1, 0.15) is 11.3 Å².